The summed E-state index contributed by atoms with van der Waals surface area (Å²) in [6.07, 6.45) is 1.82. The summed E-state index contributed by atoms with van der Waals surface area (Å²) < 4.78 is 10.7. The van der Waals surface area contributed by atoms with E-state index in [1.54, 1.807) is 36.3 Å². The fourth-order valence-corrected chi connectivity index (χ4v) is 5.11. The fourth-order valence-electron chi connectivity index (χ4n) is 5.11. The maximum atomic E-state index is 14.1. The predicted molar refractivity (Wildman–Crippen MR) is 141 cm³/mol. The third-order valence-electron chi connectivity index (χ3n) is 6.85. The molecule has 0 aliphatic carbocycles. The Balaban J connectivity index is 1.67. The Bertz CT molecular complexity index is 1530. The number of nitro groups is 1. The highest BCUT2D eigenvalue weighted by atomic mass is 16.6. The molecular formula is C28H26N4O6. The lowest BCUT2D eigenvalue weighted by Gasteiger charge is -2.41. The lowest BCUT2D eigenvalue weighted by molar-refractivity contribution is -0.384. The Morgan fingerprint density at radius 3 is 2.61 bits per heavy atom. The van der Waals surface area contributed by atoms with Crippen LogP contribution in [0.15, 0.2) is 72.9 Å². The largest absolute Gasteiger partial charge is 0.495 e. The molecule has 0 saturated carbocycles. The molecule has 0 fully saturated rings. The molecule has 0 unspecified atom stereocenters. The number of hydrogen-bond acceptors (Lipinski definition) is 6. The number of hydrogen-bond donors (Lipinski definition) is 2. The van der Waals surface area contributed by atoms with Gasteiger partial charge in [0.15, 0.2) is 0 Å². The molecule has 2 atom stereocenters. The predicted octanol–water partition coefficient (Wildman–Crippen LogP) is 4.65. The summed E-state index contributed by atoms with van der Waals surface area (Å²) in [6.45, 7) is 0.539. The van der Waals surface area contributed by atoms with Crippen LogP contribution in [0.25, 0.3) is 10.9 Å². The van der Waals surface area contributed by atoms with Crippen molar-refractivity contribution in [3.8, 4) is 5.75 Å². The summed E-state index contributed by atoms with van der Waals surface area (Å²) in [5, 5.41) is 15.1. The van der Waals surface area contributed by atoms with Crippen LogP contribution in [-0.2, 0) is 9.53 Å². The van der Waals surface area contributed by atoms with E-state index in [9.17, 15) is 19.7 Å². The number of methoxy groups -OCH3 is 2. The van der Waals surface area contributed by atoms with Crippen molar-refractivity contribution in [3.63, 3.8) is 0 Å². The zero-order valence-corrected chi connectivity index (χ0v) is 20.8. The number of aromatic amines is 1. The average Bonchev–Trinajstić information content (AvgIpc) is 3.36. The minimum atomic E-state index is -0.830. The Morgan fingerprint density at radius 2 is 1.84 bits per heavy atom. The number of carbonyl (C=O) groups excluding carboxylic acids is 2. The average molecular weight is 515 g/mol. The van der Waals surface area contributed by atoms with Gasteiger partial charge in [0.05, 0.1) is 36.3 Å². The number of non-ortho nitro benzene ring substituents is 1. The first-order valence-corrected chi connectivity index (χ1v) is 12.0. The number of amides is 2. The molecule has 2 N–H and O–H groups in total. The minimum Gasteiger partial charge on any atom is -0.495 e. The van der Waals surface area contributed by atoms with Crippen LogP contribution in [0.5, 0.6) is 5.75 Å². The number of nitrogens with zero attached hydrogens (tertiary/aromatic N) is 2. The van der Waals surface area contributed by atoms with Crippen molar-refractivity contribution in [2.45, 2.75) is 12.0 Å². The summed E-state index contributed by atoms with van der Waals surface area (Å²) >= 11 is 0. The quantitative estimate of drug-likeness (QED) is 0.260. The Labute approximate surface area is 218 Å². The Hall–Kier alpha value is -4.70. The minimum absolute atomic E-state index is 0.169. The first kappa shape index (κ1) is 25.0. The van der Waals surface area contributed by atoms with Gasteiger partial charge in [-0.15, -0.1) is 0 Å². The van der Waals surface area contributed by atoms with Crippen LogP contribution >= 0.6 is 0 Å². The zero-order chi connectivity index (χ0) is 26.8. The molecule has 4 aromatic rings. The monoisotopic (exact) mass is 514 g/mol. The van der Waals surface area contributed by atoms with Gasteiger partial charge in [-0.05, 0) is 23.8 Å². The van der Waals surface area contributed by atoms with Crippen molar-refractivity contribution in [1.29, 1.82) is 0 Å². The van der Waals surface area contributed by atoms with E-state index in [2.05, 4.69) is 10.3 Å². The van der Waals surface area contributed by atoms with Gasteiger partial charge in [0.25, 0.3) is 11.6 Å². The van der Waals surface area contributed by atoms with E-state index in [0.29, 0.717) is 11.1 Å². The van der Waals surface area contributed by atoms with E-state index in [4.69, 9.17) is 9.47 Å². The zero-order valence-electron chi connectivity index (χ0n) is 20.8. The second-order valence-corrected chi connectivity index (χ2v) is 8.92. The summed E-state index contributed by atoms with van der Waals surface area (Å²) in [5.41, 5.74) is 2.64. The molecule has 0 saturated heterocycles. The van der Waals surface area contributed by atoms with Gasteiger partial charge >= 0.3 is 0 Å². The highest BCUT2D eigenvalue weighted by Gasteiger charge is 2.45. The van der Waals surface area contributed by atoms with Gasteiger partial charge in [0.2, 0.25) is 5.91 Å². The van der Waals surface area contributed by atoms with E-state index >= 15 is 0 Å². The number of anilines is 1. The summed E-state index contributed by atoms with van der Waals surface area (Å²) in [7, 11) is 2.98. The second-order valence-electron chi connectivity index (χ2n) is 8.92. The maximum Gasteiger partial charge on any atom is 0.271 e. The van der Waals surface area contributed by atoms with Crippen LogP contribution in [0.4, 0.5) is 11.4 Å². The number of rotatable bonds is 8. The molecule has 2 amide bonds. The molecule has 194 valence electrons. The lowest BCUT2D eigenvalue weighted by Crippen LogP contribution is -2.47. The van der Waals surface area contributed by atoms with Gasteiger partial charge in [0.1, 0.15) is 5.75 Å². The van der Waals surface area contributed by atoms with Crippen LogP contribution < -0.4 is 10.1 Å². The van der Waals surface area contributed by atoms with Crippen LogP contribution in [0, 0.1) is 10.1 Å². The molecule has 0 bridgehead atoms. The number of fused-ring (bicyclic) bond motifs is 2. The molecule has 2 heterocycles. The standard InChI is InChI=1S/C28H26N4O6/c1-37-14-13-31-26(21-16-29-22-10-6-5-7-18(21)22)25(19-8-3-4-9-20(19)28(31)34)27(33)30-23-15-17(32(35)36)11-12-24(23)38-2/h3-12,15-16,25-26,29H,13-14H2,1-2H3,(H,30,33)/t25-,26+/m0/s1. The molecule has 38 heavy (non-hydrogen) atoms. The Kier molecular flexibility index (Phi) is 6.80. The van der Waals surface area contributed by atoms with Crippen molar-refractivity contribution in [2.75, 3.05) is 32.7 Å². The van der Waals surface area contributed by atoms with Gasteiger partial charge in [-0.1, -0.05) is 36.4 Å². The molecule has 0 spiro atoms. The number of H-pyrrole nitrogens is 1. The first-order valence-electron chi connectivity index (χ1n) is 12.0. The third-order valence-corrected chi connectivity index (χ3v) is 6.85. The van der Waals surface area contributed by atoms with E-state index in [0.717, 1.165) is 16.5 Å². The second kappa shape index (κ2) is 10.3. The first-order chi connectivity index (χ1) is 18.4. The molecule has 10 heteroatoms. The van der Waals surface area contributed by atoms with E-state index in [1.165, 1.54) is 25.3 Å². The molecular weight excluding hydrogens is 488 g/mol. The van der Waals surface area contributed by atoms with Crippen LogP contribution in [0.2, 0.25) is 0 Å². The lowest BCUT2D eigenvalue weighted by atomic mass is 9.79. The van der Waals surface area contributed by atoms with Crippen LogP contribution in [0.1, 0.15) is 33.4 Å². The molecule has 5 rings (SSSR count). The number of para-hydroxylation sites is 1. The maximum absolute atomic E-state index is 14.1. The number of aromatic nitrogens is 1. The summed E-state index contributed by atoms with van der Waals surface area (Å²) in [6, 6.07) is 18.1. The number of nitro benzene ring substituents is 1. The molecule has 10 nitrogen and oxygen atoms in total. The van der Waals surface area contributed by atoms with Gasteiger partial charge in [-0.3, -0.25) is 19.7 Å². The van der Waals surface area contributed by atoms with Gasteiger partial charge in [-0.2, -0.15) is 0 Å². The molecule has 1 aliphatic rings. The highest BCUT2D eigenvalue weighted by Crippen LogP contribution is 2.45. The molecule has 1 aromatic heterocycles. The van der Waals surface area contributed by atoms with Gasteiger partial charge in [0, 0.05) is 54.0 Å². The summed E-state index contributed by atoms with van der Waals surface area (Å²) in [5.74, 6) is -1.18. The van der Waals surface area contributed by atoms with E-state index < -0.39 is 22.8 Å². The van der Waals surface area contributed by atoms with Gasteiger partial charge < -0.3 is 24.7 Å². The SMILES string of the molecule is COCCN1C(=O)c2ccccc2[C@H](C(=O)Nc2cc([N+](=O)[O-])ccc2OC)[C@H]1c1c[nH]c2ccccc12. The number of carbonyl (C=O) groups is 2. The van der Waals surface area contributed by atoms with Crippen molar-refractivity contribution in [2.24, 2.45) is 0 Å². The van der Waals surface area contributed by atoms with Crippen LogP contribution in [-0.4, -0.2) is 54.0 Å². The third kappa shape index (κ3) is 4.35. The molecule has 1 aliphatic heterocycles. The number of nitrogens with one attached hydrogen (secondary N) is 2. The van der Waals surface area contributed by atoms with E-state index in [-0.39, 0.29) is 36.2 Å². The van der Waals surface area contributed by atoms with Crippen molar-refractivity contribution in [3.05, 3.63) is 99.7 Å². The van der Waals surface area contributed by atoms with E-state index in [1.807, 2.05) is 30.5 Å². The summed E-state index contributed by atoms with van der Waals surface area (Å²) in [4.78, 5) is 43.7. The van der Waals surface area contributed by atoms with Crippen molar-refractivity contribution >= 4 is 34.1 Å². The molecule has 3 aromatic carbocycles. The molecule has 0 radical (unpaired) electrons. The topological polar surface area (TPSA) is 127 Å². The fraction of sp³-hybridized carbons (Fsp3) is 0.214. The number of ether oxygens (including phenoxy) is 2. The normalized spacial score (nSPS) is 16.8. The Morgan fingerprint density at radius 1 is 1.08 bits per heavy atom. The van der Waals surface area contributed by atoms with Crippen LogP contribution in [0.3, 0.4) is 0 Å². The van der Waals surface area contributed by atoms with Gasteiger partial charge in [-0.25, -0.2) is 0 Å². The number of benzene rings is 3. The van der Waals surface area contributed by atoms with Crippen molar-refractivity contribution in [1.82, 2.24) is 9.88 Å². The smallest absolute Gasteiger partial charge is 0.271 e. The highest BCUT2D eigenvalue weighted by molar-refractivity contribution is 6.05. The van der Waals surface area contributed by atoms with Crippen molar-refractivity contribution < 1.29 is 24.0 Å².